The van der Waals surface area contributed by atoms with Gasteiger partial charge in [0.15, 0.2) is 5.75 Å². The summed E-state index contributed by atoms with van der Waals surface area (Å²) in [5.41, 5.74) is 11.8. The normalized spacial score (nSPS) is 10.2. The SMILES string of the molecule is CCSCCCOc1c(N)cccc1C(N)=O. The number of nitrogen functional groups attached to an aromatic ring is 1. The van der Waals surface area contributed by atoms with E-state index >= 15 is 0 Å². The molecule has 0 atom stereocenters. The number of hydrogen-bond acceptors (Lipinski definition) is 4. The molecule has 0 unspecified atom stereocenters. The molecular weight excluding hydrogens is 236 g/mol. The van der Waals surface area contributed by atoms with Crippen LogP contribution < -0.4 is 16.2 Å². The summed E-state index contributed by atoms with van der Waals surface area (Å²) in [5.74, 6) is 2.02. The van der Waals surface area contributed by atoms with Gasteiger partial charge in [-0.25, -0.2) is 0 Å². The fourth-order valence-corrected chi connectivity index (χ4v) is 2.00. The molecule has 4 nitrogen and oxygen atoms in total. The minimum atomic E-state index is -0.518. The zero-order valence-electron chi connectivity index (χ0n) is 9.94. The van der Waals surface area contributed by atoms with Gasteiger partial charge in [0.05, 0.1) is 17.9 Å². The van der Waals surface area contributed by atoms with Gasteiger partial charge in [0, 0.05) is 0 Å². The van der Waals surface area contributed by atoms with Crippen molar-refractivity contribution in [3.05, 3.63) is 23.8 Å². The topological polar surface area (TPSA) is 78.3 Å². The van der Waals surface area contributed by atoms with E-state index in [0.29, 0.717) is 23.6 Å². The zero-order valence-corrected chi connectivity index (χ0v) is 10.8. The van der Waals surface area contributed by atoms with E-state index in [2.05, 4.69) is 6.92 Å². The molecule has 17 heavy (non-hydrogen) atoms. The predicted molar refractivity (Wildman–Crippen MR) is 72.5 cm³/mol. The molecule has 0 aromatic heterocycles. The molecule has 1 amide bonds. The summed E-state index contributed by atoms with van der Waals surface area (Å²) >= 11 is 1.86. The fraction of sp³-hybridized carbons (Fsp3) is 0.417. The third-order valence-corrected chi connectivity index (χ3v) is 3.18. The number of nitrogens with two attached hydrogens (primary N) is 2. The van der Waals surface area contributed by atoms with E-state index < -0.39 is 5.91 Å². The van der Waals surface area contributed by atoms with E-state index in [9.17, 15) is 4.79 Å². The van der Waals surface area contributed by atoms with Crippen LogP contribution in [0.3, 0.4) is 0 Å². The van der Waals surface area contributed by atoms with Crippen LogP contribution in [0.5, 0.6) is 5.75 Å². The molecule has 0 fully saturated rings. The summed E-state index contributed by atoms with van der Waals surface area (Å²) in [6.45, 7) is 2.66. The number of benzene rings is 1. The lowest BCUT2D eigenvalue weighted by Gasteiger charge is -2.11. The maximum atomic E-state index is 11.2. The van der Waals surface area contributed by atoms with Crippen molar-refractivity contribution >= 4 is 23.4 Å². The van der Waals surface area contributed by atoms with Gasteiger partial charge in [0.1, 0.15) is 0 Å². The van der Waals surface area contributed by atoms with Crippen LogP contribution in [-0.4, -0.2) is 24.0 Å². The number of carbonyl (C=O) groups is 1. The van der Waals surface area contributed by atoms with Crippen molar-refractivity contribution in [1.82, 2.24) is 0 Å². The summed E-state index contributed by atoms with van der Waals surface area (Å²) < 4.78 is 5.54. The van der Waals surface area contributed by atoms with Crippen molar-refractivity contribution in [1.29, 1.82) is 0 Å². The molecule has 0 saturated carbocycles. The van der Waals surface area contributed by atoms with E-state index in [4.69, 9.17) is 16.2 Å². The summed E-state index contributed by atoms with van der Waals surface area (Å²) in [5, 5.41) is 0. The van der Waals surface area contributed by atoms with Crippen LogP contribution in [0, 0.1) is 0 Å². The summed E-state index contributed by atoms with van der Waals surface area (Å²) in [6, 6.07) is 5.01. The van der Waals surface area contributed by atoms with Gasteiger partial charge in [0.25, 0.3) is 5.91 Å². The Kier molecular flexibility index (Phi) is 5.69. The standard InChI is InChI=1S/C12H18N2O2S/c1-2-17-8-4-7-16-11-9(12(14)15)5-3-6-10(11)13/h3,5-6H,2,4,7-8,13H2,1H3,(H2,14,15). The van der Waals surface area contributed by atoms with Crippen molar-refractivity contribution < 1.29 is 9.53 Å². The molecule has 5 heteroatoms. The highest BCUT2D eigenvalue weighted by molar-refractivity contribution is 7.99. The van der Waals surface area contributed by atoms with Gasteiger partial charge in [-0.15, -0.1) is 0 Å². The second-order valence-electron chi connectivity index (χ2n) is 3.49. The van der Waals surface area contributed by atoms with Gasteiger partial charge in [0.2, 0.25) is 0 Å². The van der Waals surface area contributed by atoms with Gasteiger partial charge in [-0.2, -0.15) is 11.8 Å². The molecule has 1 rings (SSSR count). The minimum absolute atomic E-state index is 0.341. The van der Waals surface area contributed by atoms with Crippen LogP contribution >= 0.6 is 11.8 Å². The molecule has 4 N–H and O–H groups in total. The van der Waals surface area contributed by atoms with Crippen LogP contribution in [0.1, 0.15) is 23.7 Å². The van der Waals surface area contributed by atoms with Gasteiger partial charge in [-0.1, -0.05) is 13.0 Å². The molecule has 0 saturated heterocycles. The highest BCUT2D eigenvalue weighted by Crippen LogP contribution is 2.26. The average molecular weight is 254 g/mol. The molecule has 0 aliphatic heterocycles. The molecule has 0 radical (unpaired) electrons. The molecular formula is C12H18N2O2S. The van der Waals surface area contributed by atoms with Crippen LogP contribution in [0.15, 0.2) is 18.2 Å². The minimum Gasteiger partial charge on any atom is -0.491 e. The summed E-state index contributed by atoms with van der Waals surface area (Å²) in [7, 11) is 0. The molecule has 0 aliphatic rings. The molecule has 0 spiro atoms. The van der Waals surface area contributed by atoms with Gasteiger partial charge >= 0.3 is 0 Å². The maximum absolute atomic E-state index is 11.2. The highest BCUT2D eigenvalue weighted by atomic mass is 32.2. The van der Waals surface area contributed by atoms with Crippen molar-refractivity contribution in [3.8, 4) is 5.75 Å². The number of rotatable bonds is 7. The maximum Gasteiger partial charge on any atom is 0.252 e. The Balaban J connectivity index is 2.60. The molecule has 1 aromatic carbocycles. The monoisotopic (exact) mass is 254 g/mol. The fourth-order valence-electron chi connectivity index (χ4n) is 1.39. The molecule has 0 aliphatic carbocycles. The lowest BCUT2D eigenvalue weighted by molar-refractivity contribution is 0.0996. The smallest absolute Gasteiger partial charge is 0.252 e. The lowest BCUT2D eigenvalue weighted by Crippen LogP contribution is -2.14. The number of para-hydroxylation sites is 1. The molecule has 94 valence electrons. The quantitative estimate of drug-likeness (QED) is 0.575. The van der Waals surface area contributed by atoms with Crippen molar-refractivity contribution in [2.45, 2.75) is 13.3 Å². The largest absolute Gasteiger partial charge is 0.491 e. The molecule has 1 aromatic rings. The molecule has 0 heterocycles. The van der Waals surface area contributed by atoms with E-state index in [1.807, 2.05) is 11.8 Å². The Hall–Kier alpha value is -1.36. The number of primary amides is 1. The number of carbonyl (C=O) groups excluding carboxylic acids is 1. The first-order chi connectivity index (χ1) is 8.16. The number of thioether (sulfide) groups is 1. The number of anilines is 1. The van der Waals surface area contributed by atoms with E-state index in [0.717, 1.165) is 17.9 Å². The van der Waals surface area contributed by atoms with Crippen LogP contribution in [0.2, 0.25) is 0 Å². The van der Waals surface area contributed by atoms with Crippen molar-refractivity contribution in [3.63, 3.8) is 0 Å². The van der Waals surface area contributed by atoms with Crippen LogP contribution in [0.25, 0.3) is 0 Å². The lowest BCUT2D eigenvalue weighted by atomic mass is 10.1. The third kappa shape index (κ3) is 4.19. The predicted octanol–water partition coefficient (Wildman–Crippen LogP) is 1.89. The second kappa shape index (κ2) is 7.06. The van der Waals surface area contributed by atoms with E-state index in [1.165, 1.54) is 0 Å². The van der Waals surface area contributed by atoms with Crippen LogP contribution in [0.4, 0.5) is 5.69 Å². The van der Waals surface area contributed by atoms with Gasteiger partial charge < -0.3 is 16.2 Å². The molecule has 0 bridgehead atoms. The first-order valence-electron chi connectivity index (χ1n) is 5.55. The Morgan fingerprint density at radius 3 is 2.88 bits per heavy atom. The zero-order chi connectivity index (χ0) is 12.7. The van der Waals surface area contributed by atoms with E-state index in [1.54, 1.807) is 18.2 Å². The summed E-state index contributed by atoms with van der Waals surface area (Å²) in [6.07, 6.45) is 0.922. The summed E-state index contributed by atoms with van der Waals surface area (Å²) in [4.78, 5) is 11.2. The first kappa shape index (κ1) is 13.7. The number of amides is 1. The average Bonchev–Trinajstić information content (AvgIpc) is 2.30. The Labute approximate surface area is 106 Å². The highest BCUT2D eigenvalue weighted by Gasteiger charge is 2.11. The van der Waals surface area contributed by atoms with Crippen molar-refractivity contribution in [2.24, 2.45) is 5.73 Å². The second-order valence-corrected chi connectivity index (χ2v) is 4.88. The third-order valence-electron chi connectivity index (χ3n) is 2.19. The number of hydrogen-bond donors (Lipinski definition) is 2. The Morgan fingerprint density at radius 1 is 1.47 bits per heavy atom. The van der Waals surface area contributed by atoms with E-state index in [-0.39, 0.29) is 0 Å². The van der Waals surface area contributed by atoms with Gasteiger partial charge in [-0.3, -0.25) is 4.79 Å². The Bertz CT molecular complexity index is 383. The van der Waals surface area contributed by atoms with Crippen molar-refractivity contribution in [2.75, 3.05) is 23.8 Å². The van der Waals surface area contributed by atoms with Crippen LogP contribution in [-0.2, 0) is 0 Å². The first-order valence-corrected chi connectivity index (χ1v) is 6.71. The Morgan fingerprint density at radius 2 is 2.24 bits per heavy atom. The van der Waals surface area contributed by atoms with Gasteiger partial charge in [-0.05, 0) is 30.1 Å². The number of ether oxygens (including phenoxy) is 1.